The predicted molar refractivity (Wildman–Crippen MR) is 80.8 cm³/mol. The summed E-state index contributed by atoms with van der Waals surface area (Å²) in [7, 11) is 0. The number of nitrogen functional groups attached to an aromatic ring is 1. The predicted octanol–water partition coefficient (Wildman–Crippen LogP) is 2.23. The molecule has 0 aliphatic heterocycles. The SMILES string of the molecule is Nc1cc(NCc2ccncc2)sc1C(=O)NC1CC1. The molecule has 0 saturated heterocycles. The van der Waals surface area contributed by atoms with Gasteiger partial charge in [0.2, 0.25) is 0 Å². The molecule has 2 heterocycles. The van der Waals surface area contributed by atoms with E-state index in [1.165, 1.54) is 11.3 Å². The Balaban J connectivity index is 1.64. The first-order chi connectivity index (χ1) is 9.72. The van der Waals surface area contributed by atoms with Crippen molar-refractivity contribution in [3.05, 3.63) is 41.0 Å². The molecule has 0 aromatic carbocycles. The zero-order valence-electron chi connectivity index (χ0n) is 10.9. The summed E-state index contributed by atoms with van der Waals surface area (Å²) in [5.74, 6) is -0.0630. The van der Waals surface area contributed by atoms with Crippen LogP contribution in [0.2, 0.25) is 0 Å². The highest BCUT2D eigenvalue weighted by Crippen LogP contribution is 2.30. The molecule has 2 aromatic rings. The second kappa shape index (κ2) is 5.50. The third-order valence-corrected chi connectivity index (χ3v) is 4.20. The molecule has 0 unspecified atom stereocenters. The van der Waals surface area contributed by atoms with Gasteiger partial charge in [0.15, 0.2) is 0 Å². The van der Waals surface area contributed by atoms with Gasteiger partial charge >= 0.3 is 0 Å². The molecule has 20 heavy (non-hydrogen) atoms. The fourth-order valence-electron chi connectivity index (χ4n) is 1.84. The monoisotopic (exact) mass is 288 g/mol. The molecule has 104 valence electrons. The fourth-order valence-corrected chi connectivity index (χ4v) is 2.72. The van der Waals surface area contributed by atoms with Crippen molar-refractivity contribution in [2.45, 2.75) is 25.4 Å². The van der Waals surface area contributed by atoms with Gasteiger partial charge in [-0.3, -0.25) is 9.78 Å². The van der Waals surface area contributed by atoms with Crippen LogP contribution in [0.15, 0.2) is 30.6 Å². The Morgan fingerprint density at radius 1 is 1.40 bits per heavy atom. The number of pyridine rings is 1. The summed E-state index contributed by atoms with van der Waals surface area (Å²) in [5.41, 5.74) is 7.57. The van der Waals surface area contributed by atoms with Crippen LogP contribution in [0.4, 0.5) is 10.7 Å². The van der Waals surface area contributed by atoms with Crippen LogP contribution in [0.25, 0.3) is 0 Å². The molecule has 4 N–H and O–H groups in total. The Morgan fingerprint density at radius 2 is 2.15 bits per heavy atom. The minimum atomic E-state index is -0.0630. The highest BCUT2D eigenvalue weighted by atomic mass is 32.1. The van der Waals surface area contributed by atoms with Crippen LogP contribution in [-0.4, -0.2) is 16.9 Å². The second-order valence-corrected chi connectivity index (χ2v) is 5.90. The molecule has 0 spiro atoms. The lowest BCUT2D eigenvalue weighted by molar-refractivity contribution is 0.0956. The van der Waals surface area contributed by atoms with Crippen molar-refractivity contribution in [2.75, 3.05) is 11.1 Å². The van der Waals surface area contributed by atoms with Crippen LogP contribution in [0, 0.1) is 0 Å². The summed E-state index contributed by atoms with van der Waals surface area (Å²) in [6.07, 6.45) is 5.66. The number of carbonyl (C=O) groups is 1. The largest absolute Gasteiger partial charge is 0.397 e. The second-order valence-electron chi connectivity index (χ2n) is 4.85. The lowest BCUT2D eigenvalue weighted by atomic mass is 10.3. The number of rotatable bonds is 5. The highest BCUT2D eigenvalue weighted by Gasteiger charge is 2.25. The standard InChI is InChI=1S/C14H16N4OS/c15-11-7-12(17-8-9-3-5-16-6-4-9)20-13(11)14(19)18-10-1-2-10/h3-7,10,17H,1-2,8,15H2,(H,18,19). The average Bonchev–Trinajstić information content (AvgIpc) is 3.18. The molecule has 0 radical (unpaired) electrons. The molecule has 6 heteroatoms. The van der Waals surface area contributed by atoms with Crippen molar-refractivity contribution in [2.24, 2.45) is 0 Å². The topological polar surface area (TPSA) is 80.0 Å². The number of nitrogens with one attached hydrogen (secondary N) is 2. The van der Waals surface area contributed by atoms with Crippen LogP contribution < -0.4 is 16.4 Å². The third-order valence-electron chi connectivity index (χ3n) is 3.10. The number of amides is 1. The van der Waals surface area contributed by atoms with Gasteiger partial charge in [-0.15, -0.1) is 11.3 Å². The first-order valence-corrected chi connectivity index (χ1v) is 7.37. The van der Waals surface area contributed by atoms with E-state index < -0.39 is 0 Å². The minimum Gasteiger partial charge on any atom is -0.397 e. The first kappa shape index (κ1) is 12.9. The third kappa shape index (κ3) is 3.08. The molecule has 1 amide bonds. The van der Waals surface area contributed by atoms with Gasteiger partial charge in [-0.2, -0.15) is 0 Å². The molecule has 0 atom stereocenters. The smallest absolute Gasteiger partial charge is 0.263 e. The molecule has 1 aliphatic carbocycles. The summed E-state index contributed by atoms with van der Waals surface area (Å²) < 4.78 is 0. The Hall–Kier alpha value is -2.08. The Kier molecular flexibility index (Phi) is 3.56. The molecule has 1 fully saturated rings. The van der Waals surface area contributed by atoms with E-state index in [9.17, 15) is 4.79 Å². The number of anilines is 2. The summed E-state index contributed by atoms with van der Waals surface area (Å²) >= 11 is 1.39. The van der Waals surface area contributed by atoms with Gasteiger partial charge in [0.25, 0.3) is 5.91 Å². The maximum atomic E-state index is 12.0. The molecular weight excluding hydrogens is 272 g/mol. The van der Waals surface area contributed by atoms with Gasteiger partial charge in [-0.1, -0.05) is 0 Å². The van der Waals surface area contributed by atoms with Crippen molar-refractivity contribution in [3.63, 3.8) is 0 Å². The van der Waals surface area contributed by atoms with Crippen molar-refractivity contribution < 1.29 is 4.79 Å². The van der Waals surface area contributed by atoms with Gasteiger partial charge in [0, 0.05) is 25.0 Å². The number of carbonyl (C=O) groups excluding carboxylic acids is 1. The van der Waals surface area contributed by atoms with Crippen LogP contribution >= 0.6 is 11.3 Å². The van der Waals surface area contributed by atoms with E-state index in [1.54, 1.807) is 12.4 Å². The highest BCUT2D eigenvalue weighted by molar-refractivity contribution is 7.18. The molecule has 1 saturated carbocycles. The van der Waals surface area contributed by atoms with Crippen molar-refractivity contribution in [3.8, 4) is 0 Å². The van der Waals surface area contributed by atoms with E-state index in [-0.39, 0.29) is 5.91 Å². The molecular formula is C14H16N4OS. The van der Waals surface area contributed by atoms with Gasteiger partial charge in [-0.05, 0) is 36.6 Å². The zero-order valence-corrected chi connectivity index (χ0v) is 11.7. The number of thiophene rings is 1. The number of aromatic nitrogens is 1. The lowest BCUT2D eigenvalue weighted by Gasteiger charge is -2.03. The molecule has 2 aromatic heterocycles. The molecule has 5 nitrogen and oxygen atoms in total. The lowest BCUT2D eigenvalue weighted by Crippen LogP contribution is -2.25. The van der Waals surface area contributed by atoms with Gasteiger partial charge in [0.1, 0.15) is 4.88 Å². The quantitative estimate of drug-likeness (QED) is 0.788. The molecule has 0 bridgehead atoms. The fraction of sp³-hybridized carbons (Fsp3) is 0.286. The normalized spacial score (nSPS) is 14.0. The van der Waals surface area contributed by atoms with Crippen LogP contribution in [0.3, 0.4) is 0 Å². The van der Waals surface area contributed by atoms with E-state index in [0.29, 0.717) is 23.2 Å². The molecule has 1 aliphatic rings. The maximum absolute atomic E-state index is 12.0. The Labute approximate surface area is 121 Å². The summed E-state index contributed by atoms with van der Waals surface area (Å²) in [6.45, 7) is 0.687. The first-order valence-electron chi connectivity index (χ1n) is 6.55. The average molecular weight is 288 g/mol. The number of nitrogens with two attached hydrogens (primary N) is 1. The van der Waals surface area contributed by atoms with Crippen molar-refractivity contribution >= 4 is 27.9 Å². The van der Waals surface area contributed by atoms with Crippen LogP contribution in [0.1, 0.15) is 28.1 Å². The van der Waals surface area contributed by atoms with E-state index in [1.807, 2.05) is 18.2 Å². The minimum absolute atomic E-state index is 0.0630. The van der Waals surface area contributed by atoms with Crippen LogP contribution in [0.5, 0.6) is 0 Å². The number of hydrogen-bond donors (Lipinski definition) is 3. The number of nitrogens with zero attached hydrogens (tertiary/aromatic N) is 1. The zero-order chi connectivity index (χ0) is 13.9. The van der Waals surface area contributed by atoms with Gasteiger partial charge < -0.3 is 16.4 Å². The maximum Gasteiger partial charge on any atom is 0.263 e. The van der Waals surface area contributed by atoms with E-state index in [0.717, 1.165) is 23.4 Å². The summed E-state index contributed by atoms with van der Waals surface area (Å²) in [4.78, 5) is 16.6. The summed E-state index contributed by atoms with van der Waals surface area (Å²) in [5, 5.41) is 7.13. The van der Waals surface area contributed by atoms with Gasteiger partial charge in [-0.25, -0.2) is 0 Å². The van der Waals surface area contributed by atoms with E-state index in [4.69, 9.17) is 5.73 Å². The van der Waals surface area contributed by atoms with E-state index in [2.05, 4.69) is 15.6 Å². The van der Waals surface area contributed by atoms with Gasteiger partial charge in [0.05, 0.1) is 10.7 Å². The Morgan fingerprint density at radius 3 is 2.85 bits per heavy atom. The Bertz CT molecular complexity index is 607. The van der Waals surface area contributed by atoms with Crippen molar-refractivity contribution in [1.29, 1.82) is 0 Å². The van der Waals surface area contributed by atoms with Crippen molar-refractivity contribution in [1.82, 2.24) is 10.3 Å². The molecule has 3 rings (SSSR count). The van der Waals surface area contributed by atoms with E-state index >= 15 is 0 Å². The summed E-state index contributed by atoms with van der Waals surface area (Å²) in [6, 6.07) is 6.06. The number of hydrogen-bond acceptors (Lipinski definition) is 5. The van der Waals surface area contributed by atoms with Crippen LogP contribution in [-0.2, 0) is 6.54 Å².